The third-order valence-electron chi connectivity index (χ3n) is 2.76. The summed E-state index contributed by atoms with van der Waals surface area (Å²) in [6.45, 7) is 12.5. The molecule has 0 radical (unpaired) electrons. The van der Waals surface area contributed by atoms with Gasteiger partial charge in [-0.05, 0) is 19.0 Å². The summed E-state index contributed by atoms with van der Waals surface area (Å²) in [5, 5.41) is 12.1. The summed E-state index contributed by atoms with van der Waals surface area (Å²) >= 11 is 0. The molecule has 0 aromatic carbocycles. The van der Waals surface area contributed by atoms with E-state index in [-0.39, 0.29) is 6.04 Å². The van der Waals surface area contributed by atoms with Crippen LogP contribution in [0.25, 0.3) is 0 Å². The van der Waals surface area contributed by atoms with Crippen molar-refractivity contribution in [2.75, 3.05) is 26.2 Å². The summed E-state index contributed by atoms with van der Waals surface area (Å²) in [7, 11) is 0. The molecule has 0 aromatic heterocycles. The quantitative estimate of drug-likeness (QED) is 0.666. The van der Waals surface area contributed by atoms with Gasteiger partial charge in [-0.3, -0.25) is 0 Å². The molecule has 15 heavy (non-hydrogen) atoms. The Kier molecular flexibility index (Phi) is 8.35. The Labute approximate surface area is 94.5 Å². The molecule has 0 rings (SSSR count). The van der Waals surface area contributed by atoms with E-state index < -0.39 is 0 Å². The van der Waals surface area contributed by atoms with Crippen LogP contribution in [-0.4, -0.2) is 37.1 Å². The zero-order valence-electron chi connectivity index (χ0n) is 10.6. The summed E-state index contributed by atoms with van der Waals surface area (Å²) in [5.41, 5.74) is 0. The molecule has 0 aliphatic carbocycles. The Morgan fingerprint density at radius 3 is 2.33 bits per heavy atom. The zero-order valence-corrected chi connectivity index (χ0v) is 10.6. The fraction of sp³-hybridized carbons (Fsp3) is 0.917. The van der Waals surface area contributed by atoms with Crippen molar-refractivity contribution in [2.45, 2.75) is 40.2 Å². The number of rotatable bonds is 8. The van der Waals surface area contributed by atoms with Crippen molar-refractivity contribution >= 4 is 0 Å². The highest BCUT2D eigenvalue weighted by molar-refractivity contribution is 4.91. The van der Waals surface area contributed by atoms with Gasteiger partial charge in [-0.2, -0.15) is 5.26 Å². The molecule has 0 bridgehead atoms. The first-order valence-corrected chi connectivity index (χ1v) is 6.03. The van der Waals surface area contributed by atoms with E-state index in [1.807, 2.05) is 6.92 Å². The topological polar surface area (TPSA) is 39.1 Å². The second-order valence-corrected chi connectivity index (χ2v) is 4.10. The van der Waals surface area contributed by atoms with Gasteiger partial charge in [0, 0.05) is 13.1 Å². The average molecular weight is 211 g/mol. The van der Waals surface area contributed by atoms with Crippen LogP contribution in [0.5, 0.6) is 0 Å². The summed E-state index contributed by atoms with van der Waals surface area (Å²) in [4.78, 5) is 2.35. The summed E-state index contributed by atoms with van der Waals surface area (Å²) in [5.74, 6) is 0.714. The van der Waals surface area contributed by atoms with Gasteiger partial charge < -0.3 is 10.2 Å². The average Bonchev–Trinajstić information content (AvgIpc) is 2.26. The maximum absolute atomic E-state index is 8.95. The van der Waals surface area contributed by atoms with Gasteiger partial charge in [0.2, 0.25) is 0 Å². The zero-order chi connectivity index (χ0) is 11.7. The Morgan fingerprint density at radius 2 is 1.93 bits per heavy atom. The predicted octanol–water partition coefficient (Wildman–Crippen LogP) is 1.86. The fourth-order valence-corrected chi connectivity index (χ4v) is 1.56. The lowest BCUT2D eigenvalue weighted by atomic mass is 10.1. The molecule has 0 heterocycles. The van der Waals surface area contributed by atoms with Crippen molar-refractivity contribution < 1.29 is 0 Å². The summed E-state index contributed by atoms with van der Waals surface area (Å²) in [6, 6.07) is 2.28. The third-order valence-corrected chi connectivity index (χ3v) is 2.76. The van der Waals surface area contributed by atoms with E-state index in [1.165, 1.54) is 6.42 Å². The number of likely N-dealkylation sites (N-methyl/N-ethyl adjacent to an activating group) is 2. The van der Waals surface area contributed by atoms with Crippen LogP contribution in [0.3, 0.4) is 0 Å². The molecular formula is C12H25N3. The van der Waals surface area contributed by atoms with Gasteiger partial charge in [0.1, 0.15) is 6.04 Å². The van der Waals surface area contributed by atoms with E-state index in [9.17, 15) is 0 Å². The van der Waals surface area contributed by atoms with Gasteiger partial charge in [-0.1, -0.05) is 34.1 Å². The molecule has 0 aromatic rings. The largest absolute Gasteiger partial charge is 0.301 e. The first-order chi connectivity index (χ1) is 7.17. The first kappa shape index (κ1) is 14.4. The van der Waals surface area contributed by atoms with Gasteiger partial charge in [0.05, 0.1) is 6.07 Å². The highest BCUT2D eigenvalue weighted by Gasteiger charge is 2.12. The monoisotopic (exact) mass is 211 g/mol. The van der Waals surface area contributed by atoms with Crippen LogP contribution in [0.1, 0.15) is 34.1 Å². The minimum atomic E-state index is -0.0287. The molecule has 0 aliphatic heterocycles. The molecular weight excluding hydrogens is 186 g/mol. The van der Waals surface area contributed by atoms with Crippen LogP contribution in [0.4, 0.5) is 0 Å². The summed E-state index contributed by atoms with van der Waals surface area (Å²) in [6.07, 6.45) is 1.20. The molecule has 2 unspecified atom stereocenters. The molecule has 0 amide bonds. The van der Waals surface area contributed by atoms with Gasteiger partial charge >= 0.3 is 0 Å². The van der Waals surface area contributed by atoms with E-state index in [0.29, 0.717) is 5.92 Å². The molecule has 0 aliphatic rings. The van der Waals surface area contributed by atoms with Crippen molar-refractivity contribution in [1.82, 2.24) is 10.2 Å². The van der Waals surface area contributed by atoms with Gasteiger partial charge in [0.25, 0.3) is 0 Å². The molecule has 0 saturated heterocycles. The summed E-state index contributed by atoms with van der Waals surface area (Å²) < 4.78 is 0. The van der Waals surface area contributed by atoms with Crippen LogP contribution in [0, 0.1) is 17.2 Å². The third kappa shape index (κ3) is 6.48. The van der Waals surface area contributed by atoms with Crippen LogP contribution in [-0.2, 0) is 0 Å². The lowest BCUT2D eigenvalue weighted by Gasteiger charge is -2.25. The van der Waals surface area contributed by atoms with Crippen molar-refractivity contribution in [3.05, 3.63) is 0 Å². The number of nitrogens with one attached hydrogen (secondary N) is 1. The van der Waals surface area contributed by atoms with E-state index >= 15 is 0 Å². The fourth-order valence-electron chi connectivity index (χ4n) is 1.56. The minimum absolute atomic E-state index is 0.0287. The maximum Gasteiger partial charge on any atom is 0.108 e. The molecule has 0 saturated carbocycles. The van der Waals surface area contributed by atoms with Gasteiger partial charge in [-0.25, -0.2) is 0 Å². The standard InChI is InChI=1S/C12H25N3/c1-5-11(4)9-15(7-3)10-12(8-13)14-6-2/h11-12,14H,5-7,9-10H2,1-4H3. The van der Waals surface area contributed by atoms with E-state index in [2.05, 4.69) is 37.1 Å². The number of hydrogen-bond donors (Lipinski definition) is 1. The SMILES string of the molecule is CCNC(C#N)CN(CC)CC(C)CC. The molecule has 3 nitrogen and oxygen atoms in total. The first-order valence-electron chi connectivity index (χ1n) is 6.03. The lowest BCUT2D eigenvalue weighted by molar-refractivity contribution is 0.233. The van der Waals surface area contributed by atoms with Crippen LogP contribution >= 0.6 is 0 Å². The van der Waals surface area contributed by atoms with Crippen molar-refractivity contribution in [1.29, 1.82) is 5.26 Å². The highest BCUT2D eigenvalue weighted by atomic mass is 15.1. The predicted molar refractivity (Wildman–Crippen MR) is 64.6 cm³/mol. The minimum Gasteiger partial charge on any atom is -0.301 e. The number of nitrogens with zero attached hydrogens (tertiary/aromatic N) is 2. The highest BCUT2D eigenvalue weighted by Crippen LogP contribution is 2.04. The van der Waals surface area contributed by atoms with Crippen LogP contribution in [0.2, 0.25) is 0 Å². The van der Waals surface area contributed by atoms with E-state index in [0.717, 1.165) is 26.2 Å². The lowest BCUT2D eigenvalue weighted by Crippen LogP contribution is -2.41. The van der Waals surface area contributed by atoms with Gasteiger partial charge in [0.15, 0.2) is 0 Å². The Balaban J connectivity index is 4.01. The normalized spacial score (nSPS) is 14.9. The van der Waals surface area contributed by atoms with Gasteiger partial charge in [-0.15, -0.1) is 0 Å². The molecule has 88 valence electrons. The van der Waals surface area contributed by atoms with Crippen molar-refractivity contribution in [2.24, 2.45) is 5.92 Å². The van der Waals surface area contributed by atoms with E-state index in [4.69, 9.17) is 5.26 Å². The van der Waals surface area contributed by atoms with Crippen LogP contribution in [0.15, 0.2) is 0 Å². The number of hydrogen-bond acceptors (Lipinski definition) is 3. The Morgan fingerprint density at radius 1 is 1.27 bits per heavy atom. The molecule has 0 fully saturated rings. The van der Waals surface area contributed by atoms with E-state index in [1.54, 1.807) is 0 Å². The van der Waals surface area contributed by atoms with Crippen molar-refractivity contribution in [3.8, 4) is 6.07 Å². The second-order valence-electron chi connectivity index (χ2n) is 4.10. The van der Waals surface area contributed by atoms with Crippen LogP contribution < -0.4 is 5.32 Å². The molecule has 2 atom stereocenters. The number of nitriles is 1. The van der Waals surface area contributed by atoms with Crippen molar-refractivity contribution in [3.63, 3.8) is 0 Å². The molecule has 3 heteroatoms. The second kappa shape index (κ2) is 8.70. The smallest absolute Gasteiger partial charge is 0.108 e. The molecule has 1 N–H and O–H groups in total. The Bertz CT molecular complexity index is 186. The Hall–Kier alpha value is -0.590. The molecule has 0 spiro atoms. The maximum atomic E-state index is 8.95.